The van der Waals surface area contributed by atoms with Crippen LogP contribution in [0.15, 0.2) is 48.5 Å². The van der Waals surface area contributed by atoms with Crippen LogP contribution in [0, 0.1) is 6.92 Å². The highest BCUT2D eigenvalue weighted by Crippen LogP contribution is 2.18. The van der Waals surface area contributed by atoms with Crippen molar-refractivity contribution in [2.75, 3.05) is 31.1 Å². The Kier molecular flexibility index (Phi) is 4.34. The molecule has 0 N–H and O–H groups in total. The zero-order valence-corrected chi connectivity index (χ0v) is 13.4. The van der Waals surface area contributed by atoms with E-state index >= 15 is 0 Å². The number of halogens is 1. The SMILES string of the molecule is Cc1ccc(N2CCN(C(=O)c3ccc(Cl)cc3)CC2)cc1. The van der Waals surface area contributed by atoms with Gasteiger partial charge in [-0.05, 0) is 43.3 Å². The summed E-state index contributed by atoms with van der Waals surface area (Å²) < 4.78 is 0. The molecule has 0 aliphatic carbocycles. The Morgan fingerprint density at radius 1 is 0.909 bits per heavy atom. The Balaban J connectivity index is 1.62. The molecular weight excluding hydrogens is 296 g/mol. The predicted molar refractivity (Wildman–Crippen MR) is 90.7 cm³/mol. The molecule has 22 heavy (non-hydrogen) atoms. The molecule has 1 saturated heterocycles. The fraction of sp³-hybridized carbons (Fsp3) is 0.278. The van der Waals surface area contributed by atoms with Gasteiger partial charge in [-0.2, -0.15) is 0 Å². The van der Waals surface area contributed by atoms with Crippen molar-refractivity contribution >= 4 is 23.2 Å². The van der Waals surface area contributed by atoms with Crippen LogP contribution in [-0.2, 0) is 0 Å². The van der Waals surface area contributed by atoms with E-state index in [-0.39, 0.29) is 5.91 Å². The van der Waals surface area contributed by atoms with Gasteiger partial charge in [0.15, 0.2) is 0 Å². The quantitative estimate of drug-likeness (QED) is 0.845. The predicted octanol–water partition coefficient (Wildman–Crippen LogP) is 3.61. The van der Waals surface area contributed by atoms with Gasteiger partial charge in [0.1, 0.15) is 0 Å². The smallest absolute Gasteiger partial charge is 0.253 e. The molecule has 1 aliphatic rings. The Hall–Kier alpha value is -2.00. The van der Waals surface area contributed by atoms with Crippen LogP contribution in [0.4, 0.5) is 5.69 Å². The third kappa shape index (κ3) is 3.25. The first kappa shape index (κ1) is 14.9. The van der Waals surface area contributed by atoms with Gasteiger partial charge in [-0.1, -0.05) is 29.3 Å². The van der Waals surface area contributed by atoms with Crippen LogP contribution >= 0.6 is 11.6 Å². The number of piperazine rings is 1. The van der Waals surface area contributed by atoms with Crippen LogP contribution in [0.25, 0.3) is 0 Å². The monoisotopic (exact) mass is 314 g/mol. The minimum atomic E-state index is 0.0835. The molecule has 1 fully saturated rings. The van der Waals surface area contributed by atoms with Crippen LogP contribution in [0.1, 0.15) is 15.9 Å². The Labute approximate surface area is 136 Å². The molecule has 0 unspecified atom stereocenters. The first-order valence-corrected chi connectivity index (χ1v) is 7.88. The number of hydrogen-bond acceptors (Lipinski definition) is 2. The lowest BCUT2D eigenvalue weighted by molar-refractivity contribution is 0.0747. The molecule has 1 aliphatic heterocycles. The number of carbonyl (C=O) groups is 1. The summed E-state index contributed by atoms with van der Waals surface area (Å²) in [4.78, 5) is 16.7. The van der Waals surface area contributed by atoms with Gasteiger partial charge >= 0.3 is 0 Å². The van der Waals surface area contributed by atoms with E-state index in [1.165, 1.54) is 11.3 Å². The zero-order valence-electron chi connectivity index (χ0n) is 12.6. The van der Waals surface area contributed by atoms with Crippen molar-refractivity contribution in [3.05, 3.63) is 64.7 Å². The molecule has 3 nitrogen and oxygen atoms in total. The normalized spacial score (nSPS) is 15.0. The molecule has 0 atom stereocenters. The second-order valence-electron chi connectivity index (χ2n) is 5.62. The third-order valence-corrected chi connectivity index (χ3v) is 4.31. The van der Waals surface area contributed by atoms with Crippen molar-refractivity contribution in [2.24, 2.45) is 0 Å². The first-order valence-electron chi connectivity index (χ1n) is 7.50. The molecule has 114 valence electrons. The molecule has 0 aromatic heterocycles. The molecule has 2 aromatic rings. The van der Waals surface area contributed by atoms with Crippen molar-refractivity contribution in [3.63, 3.8) is 0 Å². The molecule has 1 amide bonds. The van der Waals surface area contributed by atoms with Crippen LogP contribution in [-0.4, -0.2) is 37.0 Å². The van der Waals surface area contributed by atoms with E-state index in [1.807, 2.05) is 4.90 Å². The van der Waals surface area contributed by atoms with Crippen molar-refractivity contribution < 1.29 is 4.79 Å². The summed E-state index contributed by atoms with van der Waals surface area (Å²) in [5, 5.41) is 0.653. The van der Waals surface area contributed by atoms with E-state index < -0.39 is 0 Å². The van der Waals surface area contributed by atoms with E-state index in [1.54, 1.807) is 24.3 Å². The largest absolute Gasteiger partial charge is 0.368 e. The van der Waals surface area contributed by atoms with Gasteiger partial charge in [0.2, 0.25) is 0 Å². The average molecular weight is 315 g/mol. The van der Waals surface area contributed by atoms with Crippen molar-refractivity contribution in [1.29, 1.82) is 0 Å². The van der Waals surface area contributed by atoms with Gasteiger partial charge in [-0.15, -0.1) is 0 Å². The summed E-state index contributed by atoms with van der Waals surface area (Å²) in [7, 11) is 0. The number of nitrogens with zero attached hydrogens (tertiary/aromatic N) is 2. The summed E-state index contributed by atoms with van der Waals surface area (Å²) >= 11 is 5.87. The number of rotatable bonds is 2. The molecule has 0 spiro atoms. The van der Waals surface area contributed by atoms with Crippen LogP contribution in [0.2, 0.25) is 5.02 Å². The maximum absolute atomic E-state index is 12.5. The van der Waals surface area contributed by atoms with Gasteiger partial charge in [0, 0.05) is 42.5 Å². The fourth-order valence-corrected chi connectivity index (χ4v) is 2.82. The molecule has 0 radical (unpaired) electrons. The lowest BCUT2D eigenvalue weighted by Gasteiger charge is -2.36. The standard InChI is InChI=1S/C18H19ClN2O/c1-14-2-8-17(9-3-14)20-10-12-21(13-11-20)18(22)15-4-6-16(19)7-5-15/h2-9H,10-13H2,1H3. The summed E-state index contributed by atoms with van der Waals surface area (Å²) in [6, 6.07) is 15.6. The van der Waals surface area contributed by atoms with Gasteiger partial charge in [-0.25, -0.2) is 0 Å². The highest BCUT2D eigenvalue weighted by molar-refractivity contribution is 6.30. The van der Waals surface area contributed by atoms with Crippen molar-refractivity contribution in [3.8, 4) is 0 Å². The zero-order chi connectivity index (χ0) is 15.5. The highest BCUT2D eigenvalue weighted by Gasteiger charge is 2.22. The molecule has 2 aromatic carbocycles. The maximum Gasteiger partial charge on any atom is 0.253 e. The number of benzene rings is 2. The van der Waals surface area contributed by atoms with Crippen LogP contribution < -0.4 is 4.90 Å². The lowest BCUT2D eigenvalue weighted by Crippen LogP contribution is -2.48. The van der Waals surface area contributed by atoms with E-state index in [2.05, 4.69) is 36.1 Å². The van der Waals surface area contributed by atoms with E-state index in [9.17, 15) is 4.79 Å². The summed E-state index contributed by atoms with van der Waals surface area (Å²) in [6.45, 7) is 5.31. The van der Waals surface area contributed by atoms with E-state index in [0.29, 0.717) is 10.6 Å². The molecule has 1 heterocycles. The molecule has 0 bridgehead atoms. The lowest BCUT2D eigenvalue weighted by atomic mass is 10.1. The summed E-state index contributed by atoms with van der Waals surface area (Å²) in [5.41, 5.74) is 3.19. The van der Waals surface area contributed by atoms with Crippen LogP contribution in [0.3, 0.4) is 0 Å². The second kappa shape index (κ2) is 6.41. The molecule has 0 saturated carbocycles. The van der Waals surface area contributed by atoms with Gasteiger partial charge in [0.05, 0.1) is 0 Å². The maximum atomic E-state index is 12.5. The number of amides is 1. The van der Waals surface area contributed by atoms with Gasteiger partial charge in [-0.3, -0.25) is 4.79 Å². The van der Waals surface area contributed by atoms with Crippen molar-refractivity contribution in [2.45, 2.75) is 6.92 Å². The summed E-state index contributed by atoms with van der Waals surface area (Å²) in [6.07, 6.45) is 0. The average Bonchev–Trinajstić information content (AvgIpc) is 2.56. The highest BCUT2D eigenvalue weighted by atomic mass is 35.5. The number of carbonyl (C=O) groups excluding carboxylic acids is 1. The topological polar surface area (TPSA) is 23.6 Å². The van der Waals surface area contributed by atoms with E-state index in [4.69, 9.17) is 11.6 Å². The van der Waals surface area contributed by atoms with E-state index in [0.717, 1.165) is 26.2 Å². The Bertz CT molecular complexity index is 644. The fourth-order valence-electron chi connectivity index (χ4n) is 2.70. The van der Waals surface area contributed by atoms with Crippen molar-refractivity contribution in [1.82, 2.24) is 4.90 Å². The Morgan fingerprint density at radius 3 is 2.09 bits per heavy atom. The number of anilines is 1. The third-order valence-electron chi connectivity index (χ3n) is 4.06. The van der Waals surface area contributed by atoms with Crippen LogP contribution in [0.5, 0.6) is 0 Å². The molecule has 4 heteroatoms. The van der Waals surface area contributed by atoms with Gasteiger partial charge < -0.3 is 9.80 Å². The summed E-state index contributed by atoms with van der Waals surface area (Å²) in [5.74, 6) is 0.0835. The minimum absolute atomic E-state index is 0.0835. The Morgan fingerprint density at radius 2 is 1.50 bits per heavy atom. The minimum Gasteiger partial charge on any atom is -0.368 e. The first-order chi connectivity index (χ1) is 10.6. The second-order valence-corrected chi connectivity index (χ2v) is 6.06. The van der Waals surface area contributed by atoms with Gasteiger partial charge in [0.25, 0.3) is 5.91 Å². The molecule has 3 rings (SSSR count). The number of hydrogen-bond donors (Lipinski definition) is 0. The number of aryl methyl sites for hydroxylation is 1. The molecular formula is C18H19ClN2O.